The van der Waals surface area contributed by atoms with E-state index in [-0.39, 0.29) is 11.7 Å². The number of amides is 1. The van der Waals surface area contributed by atoms with Gasteiger partial charge in [0.15, 0.2) is 0 Å². The normalized spacial score (nSPS) is 11.0. The van der Waals surface area contributed by atoms with E-state index in [2.05, 4.69) is 19.2 Å². The summed E-state index contributed by atoms with van der Waals surface area (Å²) in [5.74, 6) is 0.955. The Bertz CT molecular complexity index is 305. The predicted molar refractivity (Wildman–Crippen MR) is 92.5 cm³/mol. The molecule has 0 saturated heterocycles. The van der Waals surface area contributed by atoms with Gasteiger partial charge in [-0.1, -0.05) is 20.8 Å². The average molecular weight is 329 g/mol. The quantitative estimate of drug-likeness (QED) is 0.442. The van der Waals surface area contributed by atoms with Crippen molar-refractivity contribution in [2.45, 2.75) is 65.7 Å². The lowest BCUT2D eigenvalue weighted by Gasteiger charge is -2.06. The number of hydrogen-bond donors (Lipinski definition) is 1. The minimum Gasteiger partial charge on any atom is -0.381 e. The summed E-state index contributed by atoms with van der Waals surface area (Å²) < 4.78 is 10.9. The molecule has 0 atom stereocenters. The second-order valence-corrected chi connectivity index (χ2v) is 6.25. The van der Waals surface area contributed by atoms with Crippen LogP contribution in [0.2, 0.25) is 0 Å². The molecule has 0 unspecified atom stereocenters. The van der Waals surface area contributed by atoms with Crippen LogP contribution in [0.3, 0.4) is 0 Å². The van der Waals surface area contributed by atoms with Gasteiger partial charge in [0.1, 0.15) is 5.78 Å². The maximum Gasteiger partial charge on any atom is 0.222 e. The largest absolute Gasteiger partial charge is 0.381 e. The molecule has 0 aromatic carbocycles. The number of Topliss-reactive ketones (excluding diaryl/α,β-unsaturated/α-hetero) is 1. The zero-order valence-corrected chi connectivity index (χ0v) is 15.2. The van der Waals surface area contributed by atoms with Crippen LogP contribution in [-0.2, 0) is 19.1 Å². The predicted octanol–water partition coefficient (Wildman–Crippen LogP) is 3.11. The molecule has 0 aliphatic carbocycles. The van der Waals surface area contributed by atoms with E-state index in [0.29, 0.717) is 51.5 Å². The minimum absolute atomic E-state index is 0.0281. The molecule has 0 aromatic rings. The molecule has 0 heterocycles. The van der Waals surface area contributed by atoms with E-state index in [1.165, 1.54) is 0 Å². The Hall–Kier alpha value is -0.940. The van der Waals surface area contributed by atoms with Gasteiger partial charge in [-0.05, 0) is 31.6 Å². The third kappa shape index (κ3) is 17.2. The average Bonchev–Trinajstić information content (AvgIpc) is 2.51. The first-order valence-electron chi connectivity index (χ1n) is 9.00. The van der Waals surface area contributed by atoms with Crippen LogP contribution in [0.4, 0.5) is 0 Å². The summed E-state index contributed by atoms with van der Waals surface area (Å²) >= 11 is 0. The molecule has 5 nitrogen and oxygen atoms in total. The summed E-state index contributed by atoms with van der Waals surface area (Å²) in [5.41, 5.74) is 0. The highest BCUT2D eigenvalue weighted by Crippen LogP contribution is 2.02. The maximum atomic E-state index is 11.7. The van der Waals surface area contributed by atoms with Crippen molar-refractivity contribution in [3.63, 3.8) is 0 Å². The highest BCUT2D eigenvalue weighted by molar-refractivity contribution is 5.78. The molecule has 23 heavy (non-hydrogen) atoms. The van der Waals surface area contributed by atoms with Gasteiger partial charge in [-0.2, -0.15) is 0 Å². The number of hydrogen-bond acceptors (Lipinski definition) is 4. The number of nitrogens with one attached hydrogen (secondary N) is 1. The van der Waals surface area contributed by atoms with Gasteiger partial charge in [-0.25, -0.2) is 0 Å². The first-order valence-corrected chi connectivity index (χ1v) is 9.00. The second-order valence-electron chi connectivity index (χ2n) is 6.25. The highest BCUT2D eigenvalue weighted by Gasteiger charge is 2.03. The molecule has 0 saturated carbocycles. The zero-order chi connectivity index (χ0) is 17.3. The van der Waals surface area contributed by atoms with E-state index < -0.39 is 0 Å². The van der Waals surface area contributed by atoms with Crippen molar-refractivity contribution < 1.29 is 19.1 Å². The molecule has 0 aliphatic heterocycles. The second kappa shape index (κ2) is 15.9. The number of ketones is 1. The smallest absolute Gasteiger partial charge is 0.222 e. The number of carbonyl (C=O) groups excluding carboxylic acids is 2. The van der Waals surface area contributed by atoms with Crippen molar-refractivity contribution in [3.05, 3.63) is 0 Å². The minimum atomic E-state index is 0.0281. The van der Waals surface area contributed by atoms with Crippen molar-refractivity contribution in [1.29, 1.82) is 0 Å². The fourth-order valence-electron chi connectivity index (χ4n) is 1.91. The number of rotatable bonds is 16. The van der Waals surface area contributed by atoms with Gasteiger partial charge in [0.25, 0.3) is 0 Å². The summed E-state index contributed by atoms with van der Waals surface area (Å²) in [4.78, 5) is 23.0. The summed E-state index contributed by atoms with van der Waals surface area (Å²) in [6.45, 7) is 9.50. The Labute approximate surface area is 141 Å². The van der Waals surface area contributed by atoms with Gasteiger partial charge in [0.2, 0.25) is 5.91 Å². The first-order chi connectivity index (χ1) is 11.1. The zero-order valence-electron chi connectivity index (χ0n) is 15.2. The third-order valence-electron chi connectivity index (χ3n) is 3.37. The lowest BCUT2D eigenvalue weighted by molar-refractivity contribution is -0.122. The molecule has 0 radical (unpaired) electrons. The molecule has 1 amide bonds. The van der Waals surface area contributed by atoms with E-state index in [9.17, 15) is 9.59 Å². The maximum absolute atomic E-state index is 11.7. The Morgan fingerprint density at radius 3 is 2.09 bits per heavy atom. The van der Waals surface area contributed by atoms with Crippen molar-refractivity contribution in [1.82, 2.24) is 5.32 Å². The Morgan fingerprint density at radius 2 is 1.52 bits per heavy atom. The molecule has 0 bridgehead atoms. The van der Waals surface area contributed by atoms with E-state index in [4.69, 9.17) is 9.47 Å². The van der Waals surface area contributed by atoms with Gasteiger partial charge in [0, 0.05) is 45.6 Å². The summed E-state index contributed by atoms with van der Waals surface area (Å²) in [7, 11) is 0. The molecule has 0 aliphatic rings. The van der Waals surface area contributed by atoms with Crippen LogP contribution in [-0.4, -0.2) is 44.7 Å². The monoisotopic (exact) mass is 329 g/mol. The lowest BCUT2D eigenvalue weighted by atomic mass is 10.1. The molecule has 0 rings (SSSR count). The lowest BCUT2D eigenvalue weighted by Crippen LogP contribution is -2.25. The van der Waals surface area contributed by atoms with E-state index >= 15 is 0 Å². The molecule has 0 aromatic heterocycles. The van der Waals surface area contributed by atoms with Crippen LogP contribution in [0.5, 0.6) is 0 Å². The SMILES string of the molecule is CCCNC(=O)CCOCCCC(=O)CCCOCCC(C)C. The highest BCUT2D eigenvalue weighted by atomic mass is 16.5. The topological polar surface area (TPSA) is 64.6 Å². The Kier molecular flexibility index (Phi) is 15.3. The molecule has 0 fully saturated rings. The summed E-state index contributed by atoms with van der Waals surface area (Å²) in [6.07, 6.45) is 5.06. The molecule has 5 heteroatoms. The molecular weight excluding hydrogens is 294 g/mol. The van der Waals surface area contributed by atoms with Crippen molar-refractivity contribution in [2.24, 2.45) is 5.92 Å². The Morgan fingerprint density at radius 1 is 0.913 bits per heavy atom. The molecular formula is C18H35NO4. The fraction of sp³-hybridized carbons (Fsp3) is 0.889. The van der Waals surface area contributed by atoms with Gasteiger partial charge in [-0.3, -0.25) is 9.59 Å². The number of ether oxygens (including phenoxy) is 2. The van der Waals surface area contributed by atoms with Crippen LogP contribution in [0.15, 0.2) is 0 Å². The van der Waals surface area contributed by atoms with Crippen molar-refractivity contribution in [2.75, 3.05) is 33.0 Å². The summed E-state index contributed by atoms with van der Waals surface area (Å²) in [5, 5.41) is 2.80. The third-order valence-corrected chi connectivity index (χ3v) is 3.37. The van der Waals surface area contributed by atoms with Gasteiger partial charge in [0.05, 0.1) is 6.61 Å². The van der Waals surface area contributed by atoms with Crippen LogP contribution in [0.25, 0.3) is 0 Å². The van der Waals surface area contributed by atoms with Crippen LogP contribution in [0, 0.1) is 5.92 Å². The van der Waals surface area contributed by atoms with Crippen LogP contribution in [0.1, 0.15) is 65.7 Å². The first kappa shape index (κ1) is 22.1. The Balaban J connectivity index is 3.29. The van der Waals surface area contributed by atoms with E-state index in [1.54, 1.807) is 0 Å². The van der Waals surface area contributed by atoms with Gasteiger partial charge >= 0.3 is 0 Å². The van der Waals surface area contributed by atoms with Crippen LogP contribution < -0.4 is 5.32 Å². The van der Waals surface area contributed by atoms with Crippen LogP contribution >= 0.6 is 0 Å². The van der Waals surface area contributed by atoms with E-state index in [1.807, 2.05) is 6.92 Å². The molecule has 1 N–H and O–H groups in total. The summed E-state index contributed by atoms with van der Waals surface area (Å²) in [6, 6.07) is 0. The van der Waals surface area contributed by atoms with Gasteiger partial charge in [-0.15, -0.1) is 0 Å². The van der Waals surface area contributed by atoms with Gasteiger partial charge < -0.3 is 14.8 Å². The van der Waals surface area contributed by atoms with Crippen molar-refractivity contribution in [3.8, 4) is 0 Å². The number of carbonyl (C=O) groups is 2. The molecule has 0 spiro atoms. The standard InChI is InChI=1S/C18H35NO4/c1-4-11-19-18(21)10-15-23-13-6-8-17(20)7-5-12-22-14-9-16(2)3/h16H,4-15H2,1-3H3,(H,19,21). The molecule has 136 valence electrons. The fourth-order valence-corrected chi connectivity index (χ4v) is 1.91. The van der Waals surface area contributed by atoms with Crippen molar-refractivity contribution >= 4 is 11.7 Å². The van der Waals surface area contributed by atoms with E-state index in [0.717, 1.165) is 32.3 Å².